The quantitative estimate of drug-likeness (QED) is 0.603. The van der Waals surface area contributed by atoms with Gasteiger partial charge < -0.3 is 5.73 Å². The van der Waals surface area contributed by atoms with Gasteiger partial charge in [0.1, 0.15) is 5.69 Å². The Morgan fingerprint density at radius 3 is 2.71 bits per heavy atom. The number of nitrogen functional groups attached to an aromatic ring is 1. The maximum absolute atomic E-state index is 11.0. The molecule has 0 radical (unpaired) electrons. The van der Waals surface area contributed by atoms with E-state index < -0.39 is 4.92 Å². The van der Waals surface area contributed by atoms with Crippen LogP contribution >= 0.6 is 0 Å². The van der Waals surface area contributed by atoms with Gasteiger partial charge in [-0.2, -0.15) is 5.10 Å². The molecular weight excluding hydrogens is 224 g/mol. The minimum Gasteiger partial charge on any atom is -0.368 e. The first-order valence-electron chi connectivity index (χ1n) is 4.76. The molecule has 0 aliphatic heterocycles. The van der Waals surface area contributed by atoms with Gasteiger partial charge in [-0.15, -0.1) is 0 Å². The van der Waals surface area contributed by atoms with Gasteiger partial charge in [-0.1, -0.05) is 0 Å². The molecule has 2 aromatic rings. The van der Waals surface area contributed by atoms with Gasteiger partial charge in [-0.3, -0.25) is 14.8 Å². The zero-order valence-corrected chi connectivity index (χ0v) is 9.28. The predicted molar refractivity (Wildman–Crippen MR) is 60.0 cm³/mol. The molecule has 0 unspecified atom stereocenters. The Kier molecular flexibility index (Phi) is 2.47. The van der Waals surface area contributed by atoms with E-state index >= 15 is 0 Å². The normalized spacial score (nSPS) is 10.5. The summed E-state index contributed by atoms with van der Waals surface area (Å²) in [6.07, 6.45) is 3.13. The molecule has 2 aromatic heterocycles. The second-order valence-electron chi connectivity index (χ2n) is 3.52. The Hall–Kier alpha value is -2.51. The van der Waals surface area contributed by atoms with Crippen LogP contribution in [0.5, 0.6) is 0 Å². The number of rotatable bonds is 2. The van der Waals surface area contributed by atoms with E-state index in [0.29, 0.717) is 5.56 Å². The molecule has 0 aliphatic carbocycles. The lowest BCUT2D eigenvalue weighted by Gasteiger charge is -2.03. The number of anilines is 1. The SMILES string of the molecule is Cc1nc(N)nc(-c2cnn(C)c2)c1[N+](=O)[O-]. The summed E-state index contributed by atoms with van der Waals surface area (Å²) in [4.78, 5) is 18.2. The zero-order valence-electron chi connectivity index (χ0n) is 9.28. The number of aromatic nitrogens is 4. The van der Waals surface area contributed by atoms with Crippen LogP contribution in [0.2, 0.25) is 0 Å². The molecule has 17 heavy (non-hydrogen) atoms. The van der Waals surface area contributed by atoms with Gasteiger partial charge in [-0.25, -0.2) is 9.97 Å². The predicted octanol–water partition coefficient (Wildman–Crippen LogP) is 0.676. The Balaban J connectivity index is 2.71. The van der Waals surface area contributed by atoms with Crippen molar-refractivity contribution in [3.63, 3.8) is 0 Å². The molecule has 8 nitrogen and oxygen atoms in total. The summed E-state index contributed by atoms with van der Waals surface area (Å²) in [5, 5.41) is 14.9. The van der Waals surface area contributed by atoms with Crippen LogP contribution in [0.4, 0.5) is 11.6 Å². The second kappa shape index (κ2) is 3.81. The fraction of sp³-hybridized carbons (Fsp3) is 0.222. The number of aryl methyl sites for hydroxylation is 2. The van der Waals surface area contributed by atoms with Crippen molar-refractivity contribution in [1.29, 1.82) is 0 Å². The molecule has 88 valence electrons. The van der Waals surface area contributed by atoms with Gasteiger partial charge in [-0.05, 0) is 6.92 Å². The lowest BCUT2D eigenvalue weighted by molar-refractivity contribution is -0.385. The highest BCUT2D eigenvalue weighted by molar-refractivity contribution is 5.70. The standard InChI is InChI=1S/C9H10N6O2/c1-5-8(15(16)17)7(13-9(10)12-5)6-3-11-14(2)4-6/h3-4H,1-2H3,(H2,10,12,13). The van der Waals surface area contributed by atoms with Crippen LogP contribution in [0.15, 0.2) is 12.4 Å². The fourth-order valence-electron chi connectivity index (χ4n) is 1.55. The summed E-state index contributed by atoms with van der Waals surface area (Å²) in [5.41, 5.74) is 6.32. The molecule has 2 rings (SSSR count). The van der Waals surface area contributed by atoms with Gasteiger partial charge in [0.2, 0.25) is 5.95 Å². The summed E-state index contributed by atoms with van der Waals surface area (Å²) in [5.74, 6) is 0.00644. The molecule has 0 aliphatic rings. The number of nitro groups is 1. The Labute approximate surface area is 96.3 Å². The third-order valence-corrected chi connectivity index (χ3v) is 2.24. The molecule has 2 N–H and O–H groups in total. The molecule has 8 heteroatoms. The summed E-state index contributed by atoms with van der Waals surface area (Å²) in [6, 6.07) is 0. The van der Waals surface area contributed by atoms with Crippen molar-refractivity contribution < 1.29 is 4.92 Å². The van der Waals surface area contributed by atoms with E-state index in [-0.39, 0.29) is 23.0 Å². The van der Waals surface area contributed by atoms with Gasteiger partial charge >= 0.3 is 5.69 Å². The van der Waals surface area contributed by atoms with E-state index in [0.717, 1.165) is 0 Å². The maximum Gasteiger partial charge on any atom is 0.316 e. The monoisotopic (exact) mass is 234 g/mol. The summed E-state index contributed by atoms with van der Waals surface area (Å²) in [7, 11) is 1.72. The van der Waals surface area contributed by atoms with Crippen molar-refractivity contribution in [1.82, 2.24) is 19.7 Å². The average molecular weight is 234 g/mol. The molecule has 0 saturated carbocycles. The first-order valence-corrected chi connectivity index (χ1v) is 4.76. The first kappa shape index (κ1) is 11.0. The number of nitrogens with zero attached hydrogens (tertiary/aromatic N) is 5. The summed E-state index contributed by atoms with van der Waals surface area (Å²) < 4.78 is 1.53. The highest BCUT2D eigenvalue weighted by atomic mass is 16.6. The largest absolute Gasteiger partial charge is 0.368 e. The minimum atomic E-state index is -0.517. The smallest absolute Gasteiger partial charge is 0.316 e. The zero-order chi connectivity index (χ0) is 12.6. The second-order valence-corrected chi connectivity index (χ2v) is 3.52. The van der Waals surface area contributed by atoms with Crippen LogP contribution in [-0.4, -0.2) is 24.7 Å². The van der Waals surface area contributed by atoms with Crippen LogP contribution in [0, 0.1) is 17.0 Å². The van der Waals surface area contributed by atoms with Gasteiger partial charge in [0.15, 0.2) is 5.69 Å². The lowest BCUT2D eigenvalue weighted by atomic mass is 10.2. The van der Waals surface area contributed by atoms with Crippen molar-refractivity contribution in [2.75, 3.05) is 5.73 Å². The van der Waals surface area contributed by atoms with Crippen molar-refractivity contribution in [3.05, 3.63) is 28.2 Å². The molecule has 0 spiro atoms. The Morgan fingerprint density at radius 2 is 2.18 bits per heavy atom. The molecule has 2 heterocycles. The number of hydrogen-bond donors (Lipinski definition) is 1. The molecule has 0 saturated heterocycles. The van der Waals surface area contributed by atoms with Crippen LogP contribution in [0.25, 0.3) is 11.3 Å². The van der Waals surface area contributed by atoms with E-state index in [2.05, 4.69) is 15.1 Å². The minimum absolute atomic E-state index is 0.00644. The average Bonchev–Trinajstić information content (AvgIpc) is 2.62. The molecular formula is C9H10N6O2. The molecule has 0 fully saturated rings. The fourth-order valence-corrected chi connectivity index (χ4v) is 1.55. The Morgan fingerprint density at radius 1 is 1.47 bits per heavy atom. The van der Waals surface area contributed by atoms with Crippen LogP contribution in [0.3, 0.4) is 0 Å². The van der Waals surface area contributed by atoms with Crippen molar-refractivity contribution >= 4 is 11.6 Å². The van der Waals surface area contributed by atoms with Crippen molar-refractivity contribution in [2.45, 2.75) is 6.92 Å². The summed E-state index contributed by atoms with van der Waals surface area (Å²) >= 11 is 0. The molecule has 0 atom stereocenters. The highest BCUT2D eigenvalue weighted by Gasteiger charge is 2.23. The van der Waals surface area contributed by atoms with Gasteiger partial charge in [0.25, 0.3) is 0 Å². The lowest BCUT2D eigenvalue weighted by Crippen LogP contribution is -2.04. The van der Waals surface area contributed by atoms with Gasteiger partial charge in [0.05, 0.1) is 11.1 Å². The molecule has 0 aromatic carbocycles. The third kappa shape index (κ3) is 1.92. The van der Waals surface area contributed by atoms with E-state index in [1.54, 1.807) is 13.2 Å². The number of hydrogen-bond acceptors (Lipinski definition) is 6. The first-order chi connectivity index (χ1) is 7.99. The highest BCUT2D eigenvalue weighted by Crippen LogP contribution is 2.29. The van der Waals surface area contributed by atoms with E-state index in [1.165, 1.54) is 17.8 Å². The Bertz CT molecular complexity index is 591. The van der Waals surface area contributed by atoms with E-state index in [1.807, 2.05) is 0 Å². The van der Waals surface area contributed by atoms with Crippen LogP contribution in [0.1, 0.15) is 5.69 Å². The van der Waals surface area contributed by atoms with Crippen molar-refractivity contribution in [2.24, 2.45) is 7.05 Å². The number of nitrogens with two attached hydrogens (primary N) is 1. The van der Waals surface area contributed by atoms with E-state index in [4.69, 9.17) is 5.73 Å². The maximum atomic E-state index is 11.0. The van der Waals surface area contributed by atoms with Crippen LogP contribution in [-0.2, 0) is 7.05 Å². The topological polar surface area (TPSA) is 113 Å². The third-order valence-electron chi connectivity index (χ3n) is 2.24. The molecule has 0 amide bonds. The van der Waals surface area contributed by atoms with Crippen LogP contribution < -0.4 is 5.73 Å². The summed E-state index contributed by atoms with van der Waals surface area (Å²) in [6.45, 7) is 1.52. The molecule has 0 bridgehead atoms. The van der Waals surface area contributed by atoms with E-state index in [9.17, 15) is 10.1 Å². The van der Waals surface area contributed by atoms with Crippen molar-refractivity contribution in [3.8, 4) is 11.3 Å². The van der Waals surface area contributed by atoms with Gasteiger partial charge in [0, 0.05) is 18.8 Å².